The van der Waals surface area contributed by atoms with Crippen molar-refractivity contribution >= 4 is 34.3 Å². The van der Waals surface area contributed by atoms with Gasteiger partial charge >= 0.3 is 6.09 Å². The van der Waals surface area contributed by atoms with Crippen LogP contribution in [0.2, 0.25) is 5.02 Å². The lowest BCUT2D eigenvalue weighted by molar-refractivity contribution is 0.152. The van der Waals surface area contributed by atoms with Crippen LogP contribution in [-0.4, -0.2) is 43.5 Å². The first-order chi connectivity index (χ1) is 18.4. The molecular formula is C28H28ClN3O6. The van der Waals surface area contributed by atoms with Gasteiger partial charge in [0.2, 0.25) is 5.88 Å². The Labute approximate surface area is 225 Å². The summed E-state index contributed by atoms with van der Waals surface area (Å²) in [6.45, 7) is 4.43. The van der Waals surface area contributed by atoms with Gasteiger partial charge in [-0.25, -0.2) is 14.8 Å². The highest BCUT2D eigenvalue weighted by molar-refractivity contribution is 6.30. The molecule has 0 unspecified atom stereocenters. The van der Waals surface area contributed by atoms with Crippen molar-refractivity contribution in [3.8, 4) is 28.9 Å². The molecule has 9 nitrogen and oxygen atoms in total. The lowest BCUT2D eigenvalue weighted by Gasteiger charge is -2.16. The Balaban J connectivity index is 1.37. The summed E-state index contributed by atoms with van der Waals surface area (Å²) in [5, 5.41) is 4.11. The van der Waals surface area contributed by atoms with Crippen LogP contribution in [-0.2, 0) is 4.74 Å². The van der Waals surface area contributed by atoms with E-state index in [0.717, 1.165) is 11.1 Å². The molecule has 0 fully saturated rings. The Bertz CT molecular complexity index is 1430. The van der Waals surface area contributed by atoms with Crippen LogP contribution in [0.4, 0.5) is 10.5 Å². The maximum absolute atomic E-state index is 12.3. The number of hydrogen-bond donors (Lipinski definition) is 1. The van der Waals surface area contributed by atoms with E-state index in [1.807, 2.05) is 13.8 Å². The van der Waals surface area contributed by atoms with Crippen molar-refractivity contribution in [2.24, 2.45) is 0 Å². The summed E-state index contributed by atoms with van der Waals surface area (Å²) in [5.41, 5.74) is 2.95. The molecule has 0 saturated carbocycles. The largest absolute Gasteiger partial charge is 0.493 e. The van der Waals surface area contributed by atoms with Crippen molar-refractivity contribution in [1.29, 1.82) is 0 Å². The maximum atomic E-state index is 12.3. The molecular weight excluding hydrogens is 510 g/mol. The number of carbonyl (C=O) groups excluding carboxylic acids is 1. The van der Waals surface area contributed by atoms with E-state index >= 15 is 0 Å². The Hall–Kier alpha value is -4.24. The lowest BCUT2D eigenvalue weighted by atomic mass is 10.1. The first-order valence-electron chi connectivity index (χ1n) is 11.9. The molecule has 0 aliphatic carbocycles. The van der Waals surface area contributed by atoms with E-state index in [4.69, 9.17) is 35.3 Å². The van der Waals surface area contributed by atoms with Gasteiger partial charge in [-0.05, 0) is 67.4 Å². The smallest absolute Gasteiger partial charge is 0.411 e. The zero-order valence-electron chi connectivity index (χ0n) is 21.5. The fourth-order valence-electron chi connectivity index (χ4n) is 3.68. The summed E-state index contributed by atoms with van der Waals surface area (Å²) in [4.78, 5) is 20.9. The maximum Gasteiger partial charge on any atom is 0.411 e. The number of halogens is 1. The van der Waals surface area contributed by atoms with Gasteiger partial charge in [0.05, 0.1) is 38.3 Å². The molecule has 1 heterocycles. The van der Waals surface area contributed by atoms with E-state index in [2.05, 4.69) is 15.3 Å². The van der Waals surface area contributed by atoms with Crippen LogP contribution >= 0.6 is 11.6 Å². The molecule has 0 atom stereocenters. The first-order valence-corrected chi connectivity index (χ1v) is 12.2. The molecule has 4 rings (SSSR count). The summed E-state index contributed by atoms with van der Waals surface area (Å²) >= 11 is 5.86. The molecule has 1 N–H and O–H groups in total. The summed E-state index contributed by atoms with van der Waals surface area (Å²) in [7, 11) is 3.13. The lowest BCUT2D eigenvalue weighted by Crippen LogP contribution is -2.16. The van der Waals surface area contributed by atoms with Gasteiger partial charge in [-0.2, -0.15) is 0 Å². The Morgan fingerprint density at radius 2 is 1.63 bits per heavy atom. The number of aromatic nitrogens is 2. The van der Waals surface area contributed by atoms with Gasteiger partial charge in [0.1, 0.15) is 17.8 Å². The topological polar surface area (TPSA) is 101 Å². The molecule has 1 amide bonds. The minimum absolute atomic E-state index is 0.216. The number of benzene rings is 3. The van der Waals surface area contributed by atoms with E-state index in [9.17, 15) is 4.79 Å². The molecule has 0 radical (unpaired) electrons. The van der Waals surface area contributed by atoms with Crippen LogP contribution in [0.1, 0.15) is 17.5 Å². The zero-order chi connectivity index (χ0) is 27.1. The second-order valence-corrected chi connectivity index (χ2v) is 8.72. The van der Waals surface area contributed by atoms with Crippen molar-refractivity contribution in [1.82, 2.24) is 9.97 Å². The predicted molar refractivity (Wildman–Crippen MR) is 145 cm³/mol. The van der Waals surface area contributed by atoms with Crippen LogP contribution in [0.25, 0.3) is 10.9 Å². The number of fused-ring (bicyclic) bond motifs is 1. The van der Waals surface area contributed by atoms with E-state index in [0.29, 0.717) is 63.5 Å². The molecule has 38 heavy (non-hydrogen) atoms. The minimum atomic E-state index is -0.546. The zero-order valence-corrected chi connectivity index (χ0v) is 22.3. The van der Waals surface area contributed by atoms with Crippen molar-refractivity contribution in [2.45, 2.75) is 20.3 Å². The number of ether oxygens (including phenoxy) is 5. The molecule has 1 aromatic heterocycles. The summed E-state index contributed by atoms with van der Waals surface area (Å²) in [6.07, 6.45) is 1.43. The third-order valence-electron chi connectivity index (χ3n) is 5.89. The molecule has 3 aromatic carbocycles. The highest BCUT2D eigenvalue weighted by Gasteiger charge is 2.15. The van der Waals surface area contributed by atoms with E-state index < -0.39 is 6.09 Å². The number of hydrogen-bond acceptors (Lipinski definition) is 8. The van der Waals surface area contributed by atoms with Crippen LogP contribution in [0.5, 0.6) is 28.9 Å². The van der Waals surface area contributed by atoms with Crippen molar-refractivity contribution in [3.05, 3.63) is 71.0 Å². The molecule has 0 aliphatic heterocycles. The van der Waals surface area contributed by atoms with Crippen LogP contribution in [0.15, 0.2) is 54.9 Å². The van der Waals surface area contributed by atoms with E-state index in [1.54, 1.807) is 62.8 Å². The number of nitrogens with zero attached hydrogens (tertiary/aromatic N) is 2. The third-order valence-corrected chi connectivity index (χ3v) is 6.14. The number of amides is 1. The van der Waals surface area contributed by atoms with Crippen LogP contribution < -0.4 is 24.3 Å². The van der Waals surface area contributed by atoms with Crippen molar-refractivity contribution in [3.63, 3.8) is 0 Å². The second kappa shape index (κ2) is 12.3. The summed E-state index contributed by atoms with van der Waals surface area (Å²) in [6, 6.07) is 14.2. The first kappa shape index (κ1) is 26.8. The quantitative estimate of drug-likeness (QED) is 0.222. The monoisotopic (exact) mass is 537 g/mol. The number of rotatable bonds is 10. The number of anilines is 1. The fraction of sp³-hybridized carbons (Fsp3) is 0.250. The molecule has 10 heteroatoms. The summed E-state index contributed by atoms with van der Waals surface area (Å²) < 4.78 is 27.8. The average molecular weight is 538 g/mol. The van der Waals surface area contributed by atoms with Gasteiger partial charge in [0.25, 0.3) is 0 Å². The molecule has 0 spiro atoms. The van der Waals surface area contributed by atoms with Gasteiger partial charge in [-0.1, -0.05) is 11.6 Å². The molecule has 4 aromatic rings. The van der Waals surface area contributed by atoms with Gasteiger partial charge < -0.3 is 23.7 Å². The minimum Gasteiger partial charge on any atom is -0.493 e. The molecule has 0 bridgehead atoms. The van der Waals surface area contributed by atoms with Crippen molar-refractivity contribution < 1.29 is 28.5 Å². The average Bonchev–Trinajstić information content (AvgIpc) is 2.93. The summed E-state index contributed by atoms with van der Waals surface area (Å²) in [5.74, 6) is 2.78. The highest BCUT2D eigenvalue weighted by Crippen LogP contribution is 2.37. The van der Waals surface area contributed by atoms with E-state index in [1.165, 1.54) is 6.33 Å². The number of nitrogens with one attached hydrogen (secondary N) is 1. The second-order valence-electron chi connectivity index (χ2n) is 8.28. The van der Waals surface area contributed by atoms with Crippen molar-refractivity contribution in [2.75, 3.05) is 32.8 Å². The predicted octanol–water partition coefficient (Wildman–Crippen LogP) is 6.73. The normalized spacial score (nSPS) is 10.7. The molecule has 0 aliphatic rings. The van der Waals surface area contributed by atoms with Gasteiger partial charge in [0, 0.05) is 23.2 Å². The van der Waals surface area contributed by atoms with Gasteiger partial charge in [-0.3, -0.25) is 5.32 Å². The van der Waals surface area contributed by atoms with Gasteiger partial charge in [-0.15, -0.1) is 0 Å². The van der Waals surface area contributed by atoms with E-state index in [-0.39, 0.29) is 6.61 Å². The van der Waals surface area contributed by atoms with Gasteiger partial charge in [0.15, 0.2) is 11.5 Å². The SMILES string of the molecule is COc1cc2ncnc(Oc3ccc(NC(=O)OCCCOc4ccc(Cl)cc4)c(C)c3C)c2cc1OC. The highest BCUT2D eigenvalue weighted by atomic mass is 35.5. The molecule has 0 saturated heterocycles. The van der Waals surface area contributed by atoms with Crippen LogP contribution in [0.3, 0.4) is 0 Å². The third kappa shape index (κ3) is 6.36. The standard InChI is InChI=1S/C28H28ClN3O6/c1-17-18(2)24(38-27-21-14-25(34-3)26(35-4)15-23(21)30-16-31-27)11-10-22(17)32-28(33)37-13-5-12-36-20-8-6-19(29)7-9-20/h6-11,14-16H,5,12-13H2,1-4H3,(H,32,33). The number of carbonyl (C=O) groups is 1. The van der Waals surface area contributed by atoms with Crippen LogP contribution in [0, 0.1) is 13.8 Å². The number of methoxy groups -OCH3 is 2. The Kier molecular flexibility index (Phi) is 8.70. The Morgan fingerprint density at radius 3 is 2.37 bits per heavy atom. The Morgan fingerprint density at radius 1 is 0.895 bits per heavy atom. The molecule has 198 valence electrons. The fourth-order valence-corrected chi connectivity index (χ4v) is 3.80.